The third kappa shape index (κ3) is 9.98. The largest absolute Gasteiger partial charge is 0.511 e. The number of carbonyl (C=O) groups excluding carboxylic acids is 1. The Hall–Kier alpha value is -3.71. The molecule has 4 N–H and O–H groups in total. The lowest BCUT2D eigenvalue weighted by molar-refractivity contribution is 0.0922. The maximum Gasteiger partial charge on any atom is 0.251 e. The van der Waals surface area contributed by atoms with Crippen LogP contribution in [0.25, 0.3) is 11.1 Å². The first-order valence-corrected chi connectivity index (χ1v) is 15.3. The zero-order chi connectivity index (χ0) is 31.4. The van der Waals surface area contributed by atoms with Crippen molar-refractivity contribution >= 4 is 23.4 Å². The van der Waals surface area contributed by atoms with E-state index in [4.69, 9.17) is 0 Å². The molecule has 0 saturated heterocycles. The predicted octanol–water partition coefficient (Wildman–Crippen LogP) is 9.98. The predicted molar refractivity (Wildman–Crippen MR) is 176 cm³/mol. The first-order chi connectivity index (χ1) is 19.9. The van der Waals surface area contributed by atoms with E-state index in [0.717, 1.165) is 33.0 Å². The van der Waals surface area contributed by atoms with Crippen LogP contribution in [0, 0.1) is 18.7 Å². The van der Waals surface area contributed by atoms with Gasteiger partial charge in [-0.3, -0.25) is 4.79 Å². The van der Waals surface area contributed by atoms with E-state index in [2.05, 4.69) is 31.1 Å². The molecule has 0 aromatic heterocycles. The second kappa shape index (κ2) is 16.7. The standard InChI is InChI=1S/C31H35FN2O3S.C4H10/c1-7-19(4)31(38-28-17-25(36)14-8-20(28)5)33-27-15-13-24(16-26(27)32)22-9-11-23(12-10-22)30(37)34-29(18(2)3)21(6)35;1-3-4-2/h8-18,29,33,35-36H,6-7H2,1-5H3,(H,34,37);3-4H2,1-2H3. The smallest absolute Gasteiger partial charge is 0.251 e. The van der Waals surface area contributed by atoms with Gasteiger partial charge in [-0.1, -0.05) is 90.1 Å². The van der Waals surface area contributed by atoms with Crippen LogP contribution in [-0.4, -0.2) is 22.2 Å². The van der Waals surface area contributed by atoms with Crippen molar-refractivity contribution in [2.45, 2.75) is 78.7 Å². The summed E-state index contributed by atoms with van der Waals surface area (Å²) in [5.74, 6) is -0.632. The van der Waals surface area contributed by atoms with Crippen LogP contribution in [0.1, 0.15) is 76.7 Å². The zero-order valence-electron chi connectivity index (χ0n) is 25.8. The number of allylic oxidation sites excluding steroid dienone is 1. The monoisotopic (exact) mass is 592 g/mol. The van der Waals surface area contributed by atoms with Crippen molar-refractivity contribution < 1.29 is 19.4 Å². The van der Waals surface area contributed by atoms with E-state index < -0.39 is 11.9 Å². The number of aliphatic hydroxyl groups excluding tert-OH is 1. The summed E-state index contributed by atoms with van der Waals surface area (Å²) in [5.41, 5.74) is 4.32. The molecular formula is C35H45FN2O3S. The number of phenolic OH excluding ortho intramolecular Hbond substituents is 1. The van der Waals surface area contributed by atoms with Gasteiger partial charge >= 0.3 is 0 Å². The minimum atomic E-state index is -0.540. The fourth-order valence-corrected chi connectivity index (χ4v) is 4.89. The maximum atomic E-state index is 15.2. The van der Waals surface area contributed by atoms with Gasteiger partial charge in [0.15, 0.2) is 0 Å². The fourth-order valence-electron chi connectivity index (χ4n) is 3.78. The van der Waals surface area contributed by atoms with Crippen molar-refractivity contribution in [3.8, 4) is 16.9 Å². The highest BCUT2D eigenvalue weighted by molar-refractivity contribution is 8.03. The SMILES string of the molecule is C=C(O)C(NC(=O)c1ccc(-c2ccc(NC(Sc3cc(O)ccc3C)=C(C)CC)c(F)c2)cc1)C(C)C.CCCC. The van der Waals surface area contributed by atoms with E-state index in [1.807, 2.05) is 46.8 Å². The van der Waals surface area contributed by atoms with E-state index in [9.17, 15) is 15.0 Å². The van der Waals surface area contributed by atoms with Gasteiger partial charge in [-0.25, -0.2) is 4.39 Å². The second-order valence-electron chi connectivity index (χ2n) is 10.6. The lowest BCUT2D eigenvalue weighted by Crippen LogP contribution is -2.39. The molecule has 3 rings (SSSR count). The topological polar surface area (TPSA) is 81.6 Å². The Kier molecular flexibility index (Phi) is 13.7. The average Bonchev–Trinajstić information content (AvgIpc) is 2.97. The average molecular weight is 593 g/mol. The van der Waals surface area contributed by atoms with Crippen molar-refractivity contribution in [1.29, 1.82) is 0 Å². The van der Waals surface area contributed by atoms with E-state index in [-0.39, 0.29) is 23.3 Å². The molecule has 3 aromatic carbocycles. The molecule has 0 aliphatic carbocycles. The summed E-state index contributed by atoms with van der Waals surface area (Å²) in [6, 6.07) is 16.5. The Balaban J connectivity index is 0.00000144. The van der Waals surface area contributed by atoms with E-state index >= 15 is 4.39 Å². The molecule has 7 heteroatoms. The molecule has 226 valence electrons. The number of hydrogen-bond acceptors (Lipinski definition) is 5. The van der Waals surface area contributed by atoms with Crippen molar-refractivity contribution in [2.75, 3.05) is 5.32 Å². The van der Waals surface area contributed by atoms with Crippen molar-refractivity contribution in [3.05, 3.63) is 101 Å². The Morgan fingerprint density at radius 2 is 1.60 bits per heavy atom. The molecule has 0 spiro atoms. The molecule has 0 radical (unpaired) electrons. The Morgan fingerprint density at radius 1 is 0.976 bits per heavy atom. The summed E-state index contributed by atoms with van der Waals surface area (Å²) in [6.45, 7) is 17.7. The lowest BCUT2D eigenvalue weighted by atomic mass is 10.0. The second-order valence-corrected chi connectivity index (χ2v) is 11.7. The summed E-state index contributed by atoms with van der Waals surface area (Å²) in [7, 11) is 0. The van der Waals surface area contributed by atoms with E-state index in [1.54, 1.807) is 42.5 Å². The van der Waals surface area contributed by atoms with Gasteiger partial charge < -0.3 is 20.8 Å². The number of unbranched alkanes of at least 4 members (excludes halogenated alkanes) is 1. The van der Waals surface area contributed by atoms with Gasteiger partial charge in [0.05, 0.1) is 16.8 Å². The normalized spacial score (nSPS) is 12.1. The van der Waals surface area contributed by atoms with Gasteiger partial charge in [-0.2, -0.15) is 0 Å². The molecule has 0 aliphatic rings. The number of anilines is 1. The third-order valence-corrected chi connectivity index (χ3v) is 8.13. The number of thioether (sulfide) groups is 1. The van der Waals surface area contributed by atoms with Gasteiger partial charge in [0, 0.05) is 10.5 Å². The molecule has 1 amide bonds. The Morgan fingerprint density at radius 3 is 2.12 bits per heavy atom. The Labute approximate surface area is 255 Å². The van der Waals surface area contributed by atoms with Gasteiger partial charge in [-0.15, -0.1) is 0 Å². The van der Waals surface area contributed by atoms with Gasteiger partial charge in [0.1, 0.15) is 17.3 Å². The van der Waals surface area contributed by atoms with Gasteiger partial charge in [0.2, 0.25) is 0 Å². The van der Waals surface area contributed by atoms with Crippen LogP contribution in [0.15, 0.2) is 88.5 Å². The minimum absolute atomic E-state index is 0.00966. The molecular weight excluding hydrogens is 547 g/mol. The number of rotatable bonds is 11. The molecule has 0 aliphatic heterocycles. The third-order valence-electron chi connectivity index (χ3n) is 6.81. The van der Waals surface area contributed by atoms with Crippen LogP contribution in [0.4, 0.5) is 10.1 Å². The number of amides is 1. The molecule has 3 aromatic rings. The number of benzene rings is 3. The molecule has 1 atom stereocenters. The van der Waals surface area contributed by atoms with Crippen LogP contribution in [-0.2, 0) is 0 Å². The lowest BCUT2D eigenvalue weighted by Gasteiger charge is -2.21. The summed E-state index contributed by atoms with van der Waals surface area (Å²) >= 11 is 1.46. The van der Waals surface area contributed by atoms with Crippen molar-refractivity contribution in [2.24, 2.45) is 5.92 Å². The summed E-state index contributed by atoms with van der Waals surface area (Å²) < 4.78 is 15.2. The minimum Gasteiger partial charge on any atom is -0.511 e. The summed E-state index contributed by atoms with van der Waals surface area (Å²) in [6.07, 6.45) is 3.43. The number of nitrogens with one attached hydrogen (secondary N) is 2. The molecule has 0 heterocycles. The molecule has 1 unspecified atom stereocenters. The fraction of sp³-hybridized carbons (Fsp3) is 0.343. The van der Waals surface area contributed by atoms with Gasteiger partial charge in [-0.05, 0) is 84.8 Å². The molecule has 42 heavy (non-hydrogen) atoms. The van der Waals surface area contributed by atoms with Crippen LogP contribution in [0.3, 0.4) is 0 Å². The van der Waals surface area contributed by atoms with Crippen LogP contribution in [0.5, 0.6) is 5.75 Å². The number of aryl methyl sites for hydroxylation is 1. The first kappa shape index (κ1) is 34.5. The van der Waals surface area contributed by atoms with Crippen molar-refractivity contribution in [1.82, 2.24) is 5.32 Å². The number of halogens is 1. The number of aromatic hydroxyl groups is 1. The zero-order valence-corrected chi connectivity index (χ0v) is 26.7. The highest BCUT2D eigenvalue weighted by atomic mass is 32.2. The summed E-state index contributed by atoms with van der Waals surface area (Å²) in [5, 5.41) is 26.5. The highest BCUT2D eigenvalue weighted by Crippen LogP contribution is 2.36. The number of carbonyl (C=O) groups is 1. The molecule has 5 nitrogen and oxygen atoms in total. The van der Waals surface area contributed by atoms with Crippen LogP contribution < -0.4 is 10.6 Å². The quantitative estimate of drug-likeness (QED) is 0.132. The Bertz CT molecular complexity index is 1380. The van der Waals surface area contributed by atoms with Crippen LogP contribution >= 0.6 is 11.8 Å². The van der Waals surface area contributed by atoms with Crippen molar-refractivity contribution in [3.63, 3.8) is 0 Å². The van der Waals surface area contributed by atoms with E-state index in [0.29, 0.717) is 16.8 Å². The number of aliphatic hydroxyl groups is 1. The van der Waals surface area contributed by atoms with E-state index in [1.165, 1.54) is 30.7 Å². The summed E-state index contributed by atoms with van der Waals surface area (Å²) in [4.78, 5) is 13.5. The molecule has 0 fully saturated rings. The van der Waals surface area contributed by atoms with Crippen LogP contribution in [0.2, 0.25) is 0 Å². The van der Waals surface area contributed by atoms with Gasteiger partial charge in [0.25, 0.3) is 5.91 Å². The highest BCUT2D eigenvalue weighted by Gasteiger charge is 2.20. The number of hydrogen-bond donors (Lipinski definition) is 4. The molecule has 0 saturated carbocycles. The molecule has 0 bridgehead atoms. The maximum absolute atomic E-state index is 15.2. The number of phenols is 1. The first-order valence-electron chi connectivity index (χ1n) is 14.4.